The van der Waals surface area contributed by atoms with Crippen molar-refractivity contribution in [2.45, 2.75) is 31.7 Å². The molecule has 0 spiro atoms. The minimum atomic E-state index is -4.10. The Morgan fingerprint density at radius 2 is 1.61 bits per heavy atom. The first-order chi connectivity index (χ1) is 15.7. The zero-order valence-corrected chi connectivity index (χ0v) is 19.6. The maximum absolute atomic E-state index is 13.3. The van der Waals surface area contributed by atoms with Crippen molar-refractivity contribution < 1.29 is 22.3 Å². The summed E-state index contributed by atoms with van der Waals surface area (Å²) in [5.74, 6) is -0.281. The van der Waals surface area contributed by atoms with E-state index in [0.717, 1.165) is 33.3 Å². The van der Waals surface area contributed by atoms with Gasteiger partial charge in [0.25, 0.3) is 10.0 Å². The number of halogens is 1. The summed E-state index contributed by atoms with van der Waals surface area (Å²) in [5, 5.41) is 2.85. The third-order valence-electron chi connectivity index (χ3n) is 5.08. The number of carbonyl (C=O) groups excluding carboxylic acids is 1. The zero-order chi connectivity index (χ0) is 24.0. The molecule has 8 heteroatoms. The summed E-state index contributed by atoms with van der Waals surface area (Å²) in [6.45, 7) is 5.73. The van der Waals surface area contributed by atoms with Crippen LogP contribution in [0.2, 0.25) is 0 Å². The number of rotatable bonds is 9. The molecule has 3 aromatic carbocycles. The van der Waals surface area contributed by atoms with E-state index in [1.807, 2.05) is 45.0 Å². The van der Waals surface area contributed by atoms with Gasteiger partial charge in [0.1, 0.15) is 18.1 Å². The number of ether oxygens (including phenoxy) is 1. The lowest BCUT2D eigenvalue weighted by atomic mass is 10.1. The number of carbonyl (C=O) groups is 1. The Labute approximate surface area is 194 Å². The van der Waals surface area contributed by atoms with Crippen LogP contribution in [0.1, 0.15) is 31.0 Å². The molecule has 0 aromatic heterocycles. The van der Waals surface area contributed by atoms with Gasteiger partial charge in [-0.15, -0.1) is 0 Å². The highest BCUT2D eigenvalue weighted by Gasteiger charge is 2.27. The van der Waals surface area contributed by atoms with Crippen molar-refractivity contribution in [1.29, 1.82) is 0 Å². The fourth-order valence-electron chi connectivity index (χ4n) is 3.28. The fraction of sp³-hybridized carbons (Fsp3) is 0.240. The number of hydrogen-bond acceptors (Lipinski definition) is 4. The monoisotopic (exact) mass is 470 g/mol. The van der Waals surface area contributed by atoms with Crippen molar-refractivity contribution in [3.05, 3.63) is 89.7 Å². The van der Waals surface area contributed by atoms with Gasteiger partial charge in [0.2, 0.25) is 5.91 Å². The standard InChI is InChI=1S/C25H27FN2O4S/c1-4-32-23-13-7-20(8-14-23)19(3)27-25(29)17-28(22-11-5-18(2)6-12-22)33(30,31)24-15-9-21(26)10-16-24/h5-16,19H,4,17H2,1-3H3,(H,27,29)/t19-/m1/s1. The van der Waals surface area contributed by atoms with Crippen molar-refractivity contribution in [3.63, 3.8) is 0 Å². The van der Waals surface area contributed by atoms with Crippen molar-refractivity contribution in [1.82, 2.24) is 5.32 Å². The maximum atomic E-state index is 13.3. The summed E-state index contributed by atoms with van der Waals surface area (Å²) in [6.07, 6.45) is 0. The Morgan fingerprint density at radius 1 is 1.00 bits per heavy atom. The first-order valence-corrected chi connectivity index (χ1v) is 12.0. The molecule has 0 heterocycles. The van der Waals surface area contributed by atoms with Crippen LogP contribution in [0.4, 0.5) is 10.1 Å². The molecule has 0 aliphatic rings. The van der Waals surface area contributed by atoms with Gasteiger partial charge in [-0.1, -0.05) is 29.8 Å². The number of nitrogens with one attached hydrogen (secondary N) is 1. The summed E-state index contributed by atoms with van der Waals surface area (Å²) in [6, 6.07) is 18.3. The highest BCUT2D eigenvalue weighted by molar-refractivity contribution is 7.92. The second kappa shape index (κ2) is 10.5. The van der Waals surface area contributed by atoms with E-state index in [-0.39, 0.29) is 10.9 Å². The minimum Gasteiger partial charge on any atom is -0.494 e. The quantitative estimate of drug-likeness (QED) is 0.496. The number of amides is 1. The van der Waals surface area contributed by atoms with Gasteiger partial charge >= 0.3 is 0 Å². The van der Waals surface area contributed by atoms with E-state index in [1.165, 1.54) is 12.1 Å². The molecule has 6 nitrogen and oxygen atoms in total. The van der Waals surface area contributed by atoms with Crippen LogP contribution in [0, 0.1) is 12.7 Å². The number of benzene rings is 3. The van der Waals surface area contributed by atoms with Crippen LogP contribution in [0.5, 0.6) is 5.75 Å². The Bertz CT molecular complexity index is 1180. The van der Waals surface area contributed by atoms with Gasteiger partial charge < -0.3 is 10.1 Å². The van der Waals surface area contributed by atoms with Crippen molar-refractivity contribution in [2.75, 3.05) is 17.5 Å². The Kier molecular flexibility index (Phi) is 7.71. The molecule has 0 fully saturated rings. The highest BCUT2D eigenvalue weighted by Crippen LogP contribution is 2.25. The summed E-state index contributed by atoms with van der Waals surface area (Å²) in [5.41, 5.74) is 2.15. The van der Waals surface area contributed by atoms with E-state index < -0.39 is 28.3 Å². The smallest absolute Gasteiger partial charge is 0.264 e. The average molecular weight is 471 g/mol. The molecule has 0 bridgehead atoms. The topological polar surface area (TPSA) is 75.7 Å². The van der Waals surface area contributed by atoms with Crippen LogP contribution in [0.15, 0.2) is 77.7 Å². The fourth-order valence-corrected chi connectivity index (χ4v) is 4.70. The molecular weight excluding hydrogens is 443 g/mol. The second-order valence-electron chi connectivity index (χ2n) is 7.59. The molecule has 3 rings (SSSR count). The number of nitrogens with zero attached hydrogens (tertiary/aromatic N) is 1. The van der Waals surface area contributed by atoms with Crippen LogP contribution in [-0.4, -0.2) is 27.5 Å². The highest BCUT2D eigenvalue weighted by atomic mass is 32.2. The largest absolute Gasteiger partial charge is 0.494 e. The van der Waals surface area contributed by atoms with E-state index in [1.54, 1.807) is 24.3 Å². The Balaban J connectivity index is 1.83. The number of hydrogen-bond donors (Lipinski definition) is 1. The average Bonchev–Trinajstić information content (AvgIpc) is 2.79. The van der Waals surface area contributed by atoms with Gasteiger partial charge in [0.15, 0.2) is 0 Å². The van der Waals surface area contributed by atoms with Crippen LogP contribution in [0.25, 0.3) is 0 Å². The first-order valence-electron chi connectivity index (χ1n) is 10.6. The van der Waals surface area contributed by atoms with Gasteiger partial charge in [-0.2, -0.15) is 0 Å². The summed E-state index contributed by atoms with van der Waals surface area (Å²) >= 11 is 0. The SMILES string of the molecule is CCOc1ccc([C@@H](C)NC(=O)CN(c2ccc(C)cc2)S(=O)(=O)c2ccc(F)cc2)cc1. The molecule has 0 unspecified atom stereocenters. The molecule has 3 aromatic rings. The molecular formula is C25H27FN2O4S. The van der Waals surface area contributed by atoms with Gasteiger partial charge in [0, 0.05) is 0 Å². The van der Waals surface area contributed by atoms with E-state index >= 15 is 0 Å². The molecule has 0 aliphatic heterocycles. The molecule has 1 atom stereocenters. The van der Waals surface area contributed by atoms with Crippen molar-refractivity contribution in [2.24, 2.45) is 0 Å². The molecule has 174 valence electrons. The van der Waals surface area contributed by atoms with Crippen LogP contribution in [-0.2, 0) is 14.8 Å². The Morgan fingerprint density at radius 3 is 2.18 bits per heavy atom. The predicted octanol–water partition coefficient (Wildman–Crippen LogP) is 4.61. The normalized spacial score (nSPS) is 12.1. The van der Waals surface area contributed by atoms with Gasteiger partial charge in [-0.05, 0) is 74.9 Å². The van der Waals surface area contributed by atoms with Crippen molar-refractivity contribution >= 4 is 21.6 Å². The first kappa shape index (κ1) is 24.3. The van der Waals surface area contributed by atoms with Crippen LogP contribution in [0.3, 0.4) is 0 Å². The van der Waals surface area contributed by atoms with Crippen LogP contribution >= 0.6 is 0 Å². The van der Waals surface area contributed by atoms with Crippen LogP contribution < -0.4 is 14.4 Å². The van der Waals surface area contributed by atoms with Crippen molar-refractivity contribution in [3.8, 4) is 5.75 Å². The molecule has 0 radical (unpaired) electrons. The molecule has 0 aliphatic carbocycles. The lowest BCUT2D eigenvalue weighted by Gasteiger charge is -2.25. The van der Waals surface area contributed by atoms with E-state index in [9.17, 15) is 17.6 Å². The third kappa shape index (κ3) is 6.10. The van der Waals surface area contributed by atoms with E-state index in [0.29, 0.717) is 12.3 Å². The third-order valence-corrected chi connectivity index (χ3v) is 6.87. The number of sulfonamides is 1. The predicted molar refractivity (Wildman–Crippen MR) is 126 cm³/mol. The lowest BCUT2D eigenvalue weighted by molar-refractivity contribution is -0.120. The molecule has 33 heavy (non-hydrogen) atoms. The summed E-state index contributed by atoms with van der Waals surface area (Å²) in [7, 11) is -4.10. The molecule has 0 saturated carbocycles. The second-order valence-corrected chi connectivity index (χ2v) is 9.45. The number of aryl methyl sites for hydroxylation is 1. The molecule has 1 N–H and O–H groups in total. The molecule has 0 saturated heterocycles. The molecule has 1 amide bonds. The van der Waals surface area contributed by atoms with Gasteiger partial charge in [0.05, 0.1) is 23.2 Å². The van der Waals surface area contributed by atoms with E-state index in [4.69, 9.17) is 4.74 Å². The van der Waals surface area contributed by atoms with Gasteiger partial charge in [-0.3, -0.25) is 9.10 Å². The summed E-state index contributed by atoms with van der Waals surface area (Å²) < 4.78 is 46.5. The zero-order valence-electron chi connectivity index (χ0n) is 18.8. The van der Waals surface area contributed by atoms with E-state index in [2.05, 4.69) is 5.32 Å². The lowest BCUT2D eigenvalue weighted by Crippen LogP contribution is -2.41. The van der Waals surface area contributed by atoms with Gasteiger partial charge in [-0.25, -0.2) is 12.8 Å². The summed E-state index contributed by atoms with van der Waals surface area (Å²) in [4.78, 5) is 12.8. The number of anilines is 1. The minimum absolute atomic E-state index is 0.100. The maximum Gasteiger partial charge on any atom is 0.264 e. The Hall–Kier alpha value is -3.39.